The van der Waals surface area contributed by atoms with Crippen LogP contribution < -0.4 is 5.32 Å². The number of nitrogens with one attached hydrogen (secondary N) is 1. The van der Waals surface area contributed by atoms with Gasteiger partial charge in [-0.15, -0.1) is 0 Å². The lowest BCUT2D eigenvalue weighted by molar-refractivity contribution is 0.177. The highest BCUT2D eigenvalue weighted by Gasteiger charge is 2.13. The summed E-state index contributed by atoms with van der Waals surface area (Å²) >= 11 is 0. The van der Waals surface area contributed by atoms with E-state index in [0.717, 1.165) is 18.4 Å². The molecule has 0 saturated heterocycles. The molecule has 0 atom stereocenters. The molecular weight excluding hydrogens is 264 g/mol. The highest BCUT2D eigenvalue weighted by molar-refractivity contribution is 5.75. The number of hydrogen-bond donors (Lipinski definition) is 2. The van der Waals surface area contributed by atoms with Crippen LogP contribution in [0.2, 0.25) is 0 Å². The van der Waals surface area contributed by atoms with Gasteiger partial charge in [0, 0.05) is 19.3 Å². The van der Waals surface area contributed by atoms with Crippen molar-refractivity contribution in [3.63, 3.8) is 0 Å². The molecule has 4 heteroatoms. The van der Waals surface area contributed by atoms with Crippen LogP contribution in [0.4, 0.5) is 4.79 Å². The quantitative estimate of drug-likeness (QED) is 0.875. The molecule has 2 N–H and O–H groups in total. The largest absolute Gasteiger partial charge is 0.395 e. The van der Waals surface area contributed by atoms with E-state index in [1.165, 1.54) is 24.8 Å². The van der Waals surface area contributed by atoms with E-state index < -0.39 is 0 Å². The average molecular weight is 288 g/mol. The Morgan fingerprint density at radius 3 is 2.57 bits per heavy atom. The standard InChI is InChI=1S/C17H24N2O2/c20-12-11-19(14-16-9-5-2-6-10-16)17(21)18-13-15-7-3-1-4-8-15/h2,5-6,9-10,13,20H,1,3-4,7-8,11-12,14H2,(H,18,21). The second-order valence-corrected chi connectivity index (χ2v) is 5.44. The normalized spacial score (nSPS) is 14.6. The van der Waals surface area contributed by atoms with Gasteiger partial charge in [0.2, 0.25) is 0 Å². The average Bonchev–Trinajstić information content (AvgIpc) is 2.54. The minimum Gasteiger partial charge on any atom is -0.395 e. The van der Waals surface area contributed by atoms with Gasteiger partial charge >= 0.3 is 6.03 Å². The van der Waals surface area contributed by atoms with Crippen molar-refractivity contribution in [1.82, 2.24) is 10.2 Å². The Labute approximate surface area is 126 Å². The summed E-state index contributed by atoms with van der Waals surface area (Å²) in [7, 11) is 0. The molecule has 4 nitrogen and oxygen atoms in total. The van der Waals surface area contributed by atoms with E-state index in [1.54, 1.807) is 4.90 Å². The Morgan fingerprint density at radius 1 is 1.19 bits per heavy atom. The minimum atomic E-state index is -0.147. The van der Waals surface area contributed by atoms with Crippen molar-refractivity contribution in [2.24, 2.45) is 0 Å². The number of nitrogens with zero attached hydrogens (tertiary/aromatic N) is 1. The molecule has 1 aromatic carbocycles. The van der Waals surface area contributed by atoms with Crippen LogP contribution in [0.1, 0.15) is 37.7 Å². The Kier molecular flexibility index (Phi) is 6.28. The van der Waals surface area contributed by atoms with Crippen molar-refractivity contribution in [1.29, 1.82) is 0 Å². The first-order valence-electron chi connectivity index (χ1n) is 7.68. The first-order chi connectivity index (χ1) is 10.3. The molecule has 2 amide bonds. The molecule has 0 unspecified atom stereocenters. The van der Waals surface area contributed by atoms with E-state index in [2.05, 4.69) is 5.32 Å². The molecule has 0 heterocycles. The summed E-state index contributed by atoms with van der Waals surface area (Å²) in [4.78, 5) is 13.9. The third-order valence-corrected chi connectivity index (χ3v) is 3.77. The van der Waals surface area contributed by atoms with Crippen LogP contribution in [-0.2, 0) is 6.54 Å². The van der Waals surface area contributed by atoms with Crippen LogP contribution in [0.5, 0.6) is 0 Å². The zero-order valence-electron chi connectivity index (χ0n) is 12.4. The van der Waals surface area contributed by atoms with Gasteiger partial charge in [-0.1, -0.05) is 42.3 Å². The van der Waals surface area contributed by atoms with Gasteiger partial charge in [0.25, 0.3) is 0 Å². The predicted octanol–water partition coefficient (Wildman–Crippen LogP) is 3.04. The maximum Gasteiger partial charge on any atom is 0.321 e. The van der Waals surface area contributed by atoms with Gasteiger partial charge in [-0.05, 0) is 31.2 Å². The summed E-state index contributed by atoms with van der Waals surface area (Å²) in [5.41, 5.74) is 2.38. The number of hydrogen-bond acceptors (Lipinski definition) is 2. The topological polar surface area (TPSA) is 52.6 Å². The number of rotatable bonds is 5. The zero-order chi connectivity index (χ0) is 14.9. The molecule has 0 aromatic heterocycles. The van der Waals surface area contributed by atoms with Crippen molar-refractivity contribution < 1.29 is 9.90 Å². The highest BCUT2D eigenvalue weighted by atomic mass is 16.3. The van der Waals surface area contributed by atoms with Crippen LogP contribution in [0, 0.1) is 0 Å². The van der Waals surface area contributed by atoms with Gasteiger partial charge in [0.05, 0.1) is 6.61 Å². The molecule has 1 aliphatic rings. The van der Waals surface area contributed by atoms with Crippen LogP contribution in [0.25, 0.3) is 0 Å². The SMILES string of the molecule is O=C(NC=C1CCCCC1)N(CCO)Cc1ccccc1. The van der Waals surface area contributed by atoms with Crippen molar-refractivity contribution in [3.05, 3.63) is 47.7 Å². The first kappa shape index (κ1) is 15.6. The lowest BCUT2D eigenvalue weighted by Gasteiger charge is -2.22. The summed E-state index contributed by atoms with van der Waals surface area (Å²) in [6.45, 7) is 0.817. The minimum absolute atomic E-state index is 0.0309. The molecule has 1 aromatic rings. The third-order valence-electron chi connectivity index (χ3n) is 3.77. The molecule has 0 spiro atoms. The number of benzene rings is 1. The highest BCUT2D eigenvalue weighted by Crippen LogP contribution is 2.21. The van der Waals surface area contributed by atoms with Gasteiger partial charge in [0.15, 0.2) is 0 Å². The van der Waals surface area contributed by atoms with E-state index in [0.29, 0.717) is 13.1 Å². The van der Waals surface area contributed by atoms with E-state index in [1.807, 2.05) is 36.5 Å². The maximum absolute atomic E-state index is 12.2. The molecule has 2 rings (SSSR count). The van der Waals surface area contributed by atoms with Gasteiger partial charge in [-0.3, -0.25) is 0 Å². The van der Waals surface area contributed by atoms with Gasteiger partial charge in [-0.2, -0.15) is 0 Å². The van der Waals surface area contributed by atoms with Crippen molar-refractivity contribution in [2.75, 3.05) is 13.2 Å². The van der Waals surface area contributed by atoms with Gasteiger partial charge in [-0.25, -0.2) is 4.79 Å². The van der Waals surface area contributed by atoms with E-state index in [9.17, 15) is 4.79 Å². The first-order valence-corrected chi connectivity index (χ1v) is 7.68. The molecule has 21 heavy (non-hydrogen) atoms. The molecular formula is C17H24N2O2. The number of aliphatic hydroxyl groups is 1. The summed E-state index contributed by atoms with van der Waals surface area (Å²) in [6, 6.07) is 9.68. The second-order valence-electron chi connectivity index (χ2n) is 5.44. The third kappa shape index (κ3) is 5.23. The Balaban J connectivity index is 1.92. The van der Waals surface area contributed by atoms with Crippen molar-refractivity contribution in [2.45, 2.75) is 38.6 Å². The van der Waals surface area contributed by atoms with E-state index in [4.69, 9.17) is 5.11 Å². The van der Waals surface area contributed by atoms with E-state index >= 15 is 0 Å². The fourth-order valence-electron chi connectivity index (χ4n) is 2.58. The lowest BCUT2D eigenvalue weighted by atomic mass is 9.96. The van der Waals surface area contributed by atoms with Crippen LogP contribution in [0.3, 0.4) is 0 Å². The van der Waals surface area contributed by atoms with Crippen molar-refractivity contribution >= 4 is 6.03 Å². The smallest absolute Gasteiger partial charge is 0.321 e. The molecule has 1 aliphatic carbocycles. The number of aliphatic hydroxyl groups excluding tert-OH is 1. The predicted molar refractivity (Wildman–Crippen MR) is 83.6 cm³/mol. The van der Waals surface area contributed by atoms with Gasteiger partial charge < -0.3 is 15.3 Å². The fourth-order valence-corrected chi connectivity index (χ4v) is 2.58. The molecule has 0 bridgehead atoms. The zero-order valence-corrected chi connectivity index (χ0v) is 12.4. The molecule has 1 fully saturated rings. The van der Waals surface area contributed by atoms with Gasteiger partial charge in [0.1, 0.15) is 0 Å². The fraction of sp³-hybridized carbons (Fsp3) is 0.471. The molecule has 0 radical (unpaired) electrons. The monoisotopic (exact) mass is 288 g/mol. The number of carbonyl (C=O) groups excluding carboxylic acids is 1. The lowest BCUT2D eigenvalue weighted by Crippen LogP contribution is -2.39. The van der Waals surface area contributed by atoms with Crippen LogP contribution in [0.15, 0.2) is 42.1 Å². The number of urea groups is 1. The summed E-state index contributed by atoms with van der Waals surface area (Å²) in [6.07, 6.45) is 7.74. The summed E-state index contributed by atoms with van der Waals surface area (Å²) in [5.74, 6) is 0. The second kappa shape index (κ2) is 8.47. The van der Waals surface area contributed by atoms with Crippen LogP contribution >= 0.6 is 0 Å². The maximum atomic E-state index is 12.2. The summed E-state index contributed by atoms with van der Waals surface area (Å²) in [5, 5.41) is 12.0. The molecule has 1 saturated carbocycles. The number of amides is 2. The number of allylic oxidation sites excluding steroid dienone is 1. The summed E-state index contributed by atoms with van der Waals surface area (Å²) < 4.78 is 0. The Bertz CT molecular complexity index is 463. The Morgan fingerprint density at radius 2 is 1.90 bits per heavy atom. The molecule has 0 aliphatic heterocycles. The number of carbonyl (C=O) groups is 1. The van der Waals surface area contributed by atoms with Crippen molar-refractivity contribution in [3.8, 4) is 0 Å². The Hall–Kier alpha value is -1.81. The van der Waals surface area contributed by atoms with Crippen LogP contribution in [-0.4, -0.2) is 29.2 Å². The van der Waals surface area contributed by atoms with E-state index in [-0.39, 0.29) is 12.6 Å². The molecule has 114 valence electrons.